The number of aromatic nitrogens is 4. The summed E-state index contributed by atoms with van der Waals surface area (Å²) in [5.74, 6) is 1.04. The minimum Gasteiger partial charge on any atom is -0.265 e. The Bertz CT molecular complexity index is 1850. The molecular weight excluding hydrogens is 548 g/mol. The second kappa shape index (κ2) is 13.8. The Hall–Kier alpha value is -4.96. The van der Waals surface area contributed by atoms with Crippen LogP contribution in [0.25, 0.3) is 44.6 Å². The molecule has 2 aromatic carbocycles. The molecule has 2 atom stereocenters. The average molecular weight is 589 g/mol. The molecule has 0 aliphatic carbocycles. The summed E-state index contributed by atoms with van der Waals surface area (Å²) in [6, 6.07) is 36.3. The molecule has 0 N–H and O–H groups in total. The zero-order valence-corrected chi connectivity index (χ0v) is 26.6. The summed E-state index contributed by atoms with van der Waals surface area (Å²) >= 11 is 0. The lowest BCUT2D eigenvalue weighted by molar-refractivity contribution is 0.558. The SMILES string of the molecule is CC(C)c1cc(-c2ccncc2)cc(-c2cccc(-c3ccnc([C@@H](C)CCC(C)c4ccc(-c5ccccc5)cn4)c3)c2)n1. The molecule has 0 aliphatic rings. The summed E-state index contributed by atoms with van der Waals surface area (Å²) in [6.45, 7) is 8.94. The molecule has 1 unspecified atom stereocenters. The van der Waals surface area contributed by atoms with Crippen LogP contribution in [0.3, 0.4) is 0 Å². The van der Waals surface area contributed by atoms with Gasteiger partial charge in [-0.15, -0.1) is 0 Å². The van der Waals surface area contributed by atoms with Gasteiger partial charge in [0.1, 0.15) is 0 Å². The fourth-order valence-corrected chi connectivity index (χ4v) is 5.76. The Morgan fingerprint density at radius 1 is 0.467 bits per heavy atom. The van der Waals surface area contributed by atoms with Crippen LogP contribution in [-0.4, -0.2) is 19.9 Å². The molecule has 0 saturated carbocycles. The van der Waals surface area contributed by atoms with E-state index in [1.54, 1.807) is 0 Å². The van der Waals surface area contributed by atoms with Crippen LogP contribution in [0.5, 0.6) is 0 Å². The van der Waals surface area contributed by atoms with E-state index in [4.69, 9.17) is 15.0 Å². The highest BCUT2D eigenvalue weighted by Gasteiger charge is 2.15. The van der Waals surface area contributed by atoms with Crippen molar-refractivity contribution in [2.24, 2.45) is 0 Å². The van der Waals surface area contributed by atoms with Gasteiger partial charge in [0, 0.05) is 53.0 Å². The van der Waals surface area contributed by atoms with Crippen LogP contribution in [0.2, 0.25) is 0 Å². The van der Waals surface area contributed by atoms with Crippen molar-refractivity contribution in [2.45, 2.75) is 58.3 Å². The molecule has 0 spiro atoms. The van der Waals surface area contributed by atoms with E-state index in [0.29, 0.717) is 17.8 Å². The fourth-order valence-electron chi connectivity index (χ4n) is 5.76. The van der Waals surface area contributed by atoms with Gasteiger partial charge < -0.3 is 0 Å². The molecular formula is C41H40N4. The van der Waals surface area contributed by atoms with Crippen molar-refractivity contribution in [1.82, 2.24) is 19.9 Å². The van der Waals surface area contributed by atoms with Crippen LogP contribution >= 0.6 is 0 Å². The number of hydrogen-bond acceptors (Lipinski definition) is 4. The highest BCUT2D eigenvalue weighted by atomic mass is 14.7. The zero-order valence-electron chi connectivity index (χ0n) is 26.6. The van der Waals surface area contributed by atoms with Gasteiger partial charge in [0.15, 0.2) is 0 Å². The van der Waals surface area contributed by atoms with Crippen molar-refractivity contribution in [3.05, 3.63) is 145 Å². The predicted octanol–water partition coefficient (Wildman–Crippen LogP) is 10.7. The van der Waals surface area contributed by atoms with E-state index in [-0.39, 0.29) is 0 Å². The van der Waals surface area contributed by atoms with Gasteiger partial charge in [0.25, 0.3) is 0 Å². The fraction of sp³-hybridized carbons (Fsp3) is 0.220. The van der Waals surface area contributed by atoms with Crippen LogP contribution in [0.1, 0.15) is 75.4 Å². The summed E-state index contributed by atoms with van der Waals surface area (Å²) < 4.78 is 0. The predicted molar refractivity (Wildman–Crippen MR) is 186 cm³/mol. The molecule has 0 bridgehead atoms. The van der Waals surface area contributed by atoms with Crippen LogP contribution in [0, 0.1) is 0 Å². The van der Waals surface area contributed by atoms with E-state index < -0.39 is 0 Å². The molecule has 4 heterocycles. The van der Waals surface area contributed by atoms with Crippen LogP contribution in [-0.2, 0) is 0 Å². The number of hydrogen-bond donors (Lipinski definition) is 0. The Morgan fingerprint density at radius 3 is 1.84 bits per heavy atom. The van der Waals surface area contributed by atoms with E-state index in [1.807, 2.05) is 30.9 Å². The molecule has 0 radical (unpaired) electrons. The molecule has 0 aliphatic heterocycles. The van der Waals surface area contributed by atoms with Crippen molar-refractivity contribution < 1.29 is 0 Å². The monoisotopic (exact) mass is 588 g/mol. The molecule has 4 aromatic heterocycles. The summed E-state index contributed by atoms with van der Waals surface area (Å²) in [5.41, 5.74) is 12.4. The first-order valence-electron chi connectivity index (χ1n) is 15.9. The number of rotatable bonds is 10. The largest absolute Gasteiger partial charge is 0.265 e. The number of pyridine rings is 4. The first-order valence-corrected chi connectivity index (χ1v) is 15.9. The molecule has 224 valence electrons. The quantitative estimate of drug-likeness (QED) is 0.160. The third-order valence-electron chi connectivity index (χ3n) is 8.66. The van der Waals surface area contributed by atoms with Crippen LogP contribution in [0.4, 0.5) is 0 Å². The molecule has 0 fully saturated rings. The minimum atomic E-state index is 0.324. The summed E-state index contributed by atoms with van der Waals surface area (Å²) in [7, 11) is 0. The lowest BCUT2D eigenvalue weighted by atomic mass is 9.92. The van der Waals surface area contributed by atoms with Crippen molar-refractivity contribution >= 4 is 0 Å². The van der Waals surface area contributed by atoms with Gasteiger partial charge in [-0.3, -0.25) is 19.9 Å². The minimum absolute atomic E-state index is 0.324. The Balaban J connectivity index is 1.17. The maximum atomic E-state index is 5.06. The molecule has 4 nitrogen and oxygen atoms in total. The highest BCUT2D eigenvalue weighted by molar-refractivity contribution is 5.75. The summed E-state index contributed by atoms with van der Waals surface area (Å²) in [5, 5.41) is 0. The number of benzene rings is 2. The van der Waals surface area contributed by atoms with E-state index in [2.05, 4.69) is 130 Å². The van der Waals surface area contributed by atoms with E-state index in [9.17, 15) is 0 Å². The third kappa shape index (κ3) is 7.24. The lowest BCUT2D eigenvalue weighted by Gasteiger charge is -2.16. The summed E-state index contributed by atoms with van der Waals surface area (Å²) in [6.07, 6.45) is 9.72. The van der Waals surface area contributed by atoms with Gasteiger partial charge in [-0.05, 0) is 107 Å². The van der Waals surface area contributed by atoms with Crippen molar-refractivity contribution in [3.63, 3.8) is 0 Å². The van der Waals surface area contributed by atoms with E-state index in [1.165, 1.54) is 16.7 Å². The maximum absolute atomic E-state index is 5.06. The molecule has 6 aromatic rings. The average Bonchev–Trinajstić information content (AvgIpc) is 3.11. The zero-order chi connectivity index (χ0) is 31.2. The first kappa shape index (κ1) is 30.1. The van der Waals surface area contributed by atoms with Crippen molar-refractivity contribution in [2.75, 3.05) is 0 Å². The first-order chi connectivity index (χ1) is 21.9. The third-order valence-corrected chi connectivity index (χ3v) is 8.66. The standard InChI is InChI=1S/C41H40N4/c1-28(2)39-25-37(32-17-20-42-21-18-32)26-41(45-39)35-12-8-11-33(23-35)34-19-22-43-40(24-34)30(4)14-13-29(3)38-16-15-36(27-44-38)31-9-6-5-7-10-31/h5-12,15-30H,13-14H2,1-4H3/t29?,30-/m0/s1. The normalized spacial score (nSPS) is 12.6. The molecule has 45 heavy (non-hydrogen) atoms. The van der Waals surface area contributed by atoms with E-state index in [0.717, 1.165) is 57.9 Å². The van der Waals surface area contributed by atoms with Gasteiger partial charge in [0.2, 0.25) is 0 Å². The second-order valence-corrected chi connectivity index (χ2v) is 12.3. The molecule has 0 saturated heterocycles. The molecule has 0 amide bonds. The lowest BCUT2D eigenvalue weighted by Crippen LogP contribution is -2.02. The van der Waals surface area contributed by atoms with Gasteiger partial charge in [-0.25, -0.2) is 0 Å². The van der Waals surface area contributed by atoms with Gasteiger partial charge >= 0.3 is 0 Å². The van der Waals surface area contributed by atoms with Gasteiger partial charge in [-0.1, -0.05) is 82.3 Å². The summed E-state index contributed by atoms with van der Waals surface area (Å²) in [4.78, 5) is 18.8. The maximum Gasteiger partial charge on any atom is 0.0711 e. The Morgan fingerprint density at radius 2 is 1.11 bits per heavy atom. The smallest absolute Gasteiger partial charge is 0.0711 e. The Labute approximate surface area is 267 Å². The molecule has 6 rings (SSSR count). The van der Waals surface area contributed by atoms with Gasteiger partial charge in [-0.2, -0.15) is 0 Å². The second-order valence-electron chi connectivity index (χ2n) is 12.3. The van der Waals surface area contributed by atoms with Gasteiger partial charge in [0.05, 0.1) is 5.69 Å². The van der Waals surface area contributed by atoms with Crippen molar-refractivity contribution in [3.8, 4) is 44.6 Å². The Kier molecular flexibility index (Phi) is 9.21. The van der Waals surface area contributed by atoms with E-state index >= 15 is 0 Å². The van der Waals surface area contributed by atoms with Crippen molar-refractivity contribution in [1.29, 1.82) is 0 Å². The molecule has 4 heteroatoms. The van der Waals surface area contributed by atoms with Crippen LogP contribution in [0.15, 0.2) is 128 Å². The van der Waals surface area contributed by atoms with Crippen LogP contribution < -0.4 is 0 Å². The highest BCUT2D eigenvalue weighted by Crippen LogP contribution is 2.33. The topological polar surface area (TPSA) is 51.6 Å². The number of nitrogens with zero attached hydrogens (tertiary/aromatic N) is 4.